The first-order valence-electron chi connectivity index (χ1n) is 13.4. The molecule has 47 heavy (non-hydrogen) atoms. The van der Waals surface area contributed by atoms with Gasteiger partial charge < -0.3 is 37.8 Å². The van der Waals surface area contributed by atoms with Crippen molar-refractivity contribution in [3.05, 3.63) is 29.3 Å². The highest BCUT2D eigenvalue weighted by Crippen LogP contribution is 2.26. The lowest BCUT2D eigenvalue weighted by molar-refractivity contribution is -0.753. The van der Waals surface area contributed by atoms with Gasteiger partial charge >= 0.3 is 16.3 Å². The second kappa shape index (κ2) is 13.6. The first-order chi connectivity index (χ1) is 21.9. The number of amides is 3. The Bertz CT molecular complexity index is 1830. The van der Waals surface area contributed by atoms with Crippen LogP contribution in [0.5, 0.6) is 0 Å². The Morgan fingerprint density at radius 1 is 1.32 bits per heavy atom. The molecule has 24 heteroatoms. The maximum absolute atomic E-state index is 13.2. The average molecular weight is 716 g/mol. The van der Waals surface area contributed by atoms with Crippen molar-refractivity contribution in [2.45, 2.75) is 44.1 Å². The highest BCUT2D eigenvalue weighted by Gasteiger charge is 2.54. The third-order valence-corrected chi connectivity index (χ3v) is 9.18. The van der Waals surface area contributed by atoms with Gasteiger partial charge in [-0.3, -0.25) is 18.9 Å². The van der Waals surface area contributed by atoms with Crippen LogP contribution in [0, 0.1) is 0 Å². The molecule has 0 spiro atoms. The number of carbonyl (C=O) groups is 4. The molecule has 0 radical (unpaired) electrons. The van der Waals surface area contributed by atoms with Crippen molar-refractivity contribution in [3.63, 3.8) is 0 Å². The van der Waals surface area contributed by atoms with E-state index in [-0.39, 0.29) is 32.7 Å². The van der Waals surface area contributed by atoms with E-state index in [1.807, 2.05) is 4.68 Å². The summed E-state index contributed by atoms with van der Waals surface area (Å²) in [5.41, 5.74) is 15.2. The van der Waals surface area contributed by atoms with Gasteiger partial charge in [0.2, 0.25) is 23.3 Å². The first-order valence-corrected chi connectivity index (χ1v) is 16.4. The molecule has 21 nitrogen and oxygen atoms in total. The van der Waals surface area contributed by atoms with Crippen LogP contribution in [0.2, 0.25) is 0 Å². The smallest absolute Gasteiger partial charge is 0.362 e. The van der Waals surface area contributed by atoms with Crippen LogP contribution < -0.4 is 32.5 Å². The van der Waals surface area contributed by atoms with E-state index in [4.69, 9.17) is 22.0 Å². The van der Waals surface area contributed by atoms with Gasteiger partial charge in [0.05, 0.1) is 30.5 Å². The average Bonchev–Trinajstić information content (AvgIpc) is 3.73. The normalized spacial score (nSPS) is 17.6. The largest absolute Gasteiger partial charge is 0.478 e. The number of nitrogen functional groups attached to an aromatic ring is 1. The molecule has 1 saturated heterocycles. The maximum Gasteiger partial charge on any atom is 0.362 e. The number of hydrogen-bond donors (Lipinski definition) is 7. The highest BCUT2D eigenvalue weighted by atomic mass is 32.2. The van der Waals surface area contributed by atoms with Crippen LogP contribution in [-0.4, -0.2) is 108 Å². The molecule has 1 aliphatic heterocycles. The zero-order valence-corrected chi connectivity index (χ0v) is 27.4. The Labute approximate surface area is 274 Å². The van der Waals surface area contributed by atoms with Crippen LogP contribution in [0.1, 0.15) is 29.3 Å². The molecular weight excluding hydrogens is 685 g/mol. The molecule has 4 rings (SSSR count). The molecule has 0 aliphatic carbocycles. The number of carbonyl (C=O) groups excluding carboxylic acids is 3. The number of anilines is 1. The molecule has 1 aliphatic rings. The maximum atomic E-state index is 13.2. The van der Waals surface area contributed by atoms with Crippen molar-refractivity contribution in [2.75, 3.05) is 18.8 Å². The van der Waals surface area contributed by atoms with Crippen molar-refractivity contribution in [3.8, 4) is 10.6 Å². The number of aromatic nitrogens is 5. The number of nitrogens with one attached hydrogen (secondary N) is 2. The van der Waals surface area contributed by atoms with E-state index in [1.165, 1.54) is 6.20 Å². The predicted molar refractivity (Wildman–Crippen MR) is 164 cm³/mol. The Morgan fingerprint density at radius 2 is 2.02 bits per heavy atom. The predicted octanol–water partition coefficient (Wildman–Crippen LogP) is -3.33. The van der Waals surface area contributed by atoms with Gasteiger partial charge in [0.15, 0.2) is 12.2 Å². The number of oxime groups is 1. The van der Waals surface area contributed by atoms with Crippen LogP contribution in [-0.2, 0) is 43.1 Å². The van der Waals surface area contributed by atoms with E-state index < -0.39 is 63.9 Å². The van der Waals surface area contributed by atoms with Crippen LogP contribution in [0.15, 0.2) is 23.7 Å². The lowest BCUT2D eigenvalue weighted by Gasteiger charge is -2.44. The van der Waals surface area contributed by atoms with E-state index >= 15 is 0 Å². The second-order valence-corrected chi connectivity index (χ2v) is 13.7. The molecule has 10 N–H and O–H groups in total. The Kier molecular flexibility index (Phi) is 10.2. The number of β-lactam (4-membered cyclic amide) rings is 1. The standard InChI is InChI=1S/C23H30N12O9S3/c1-23(2,21(39)40)44-31-15(16-30-22(26)46-32-16)18(37)29-14-12(35(20(14)38)47(41,42)43)5-27-17(36)13-6-28-19(45-13)10-7-33(3)34(8-10)9-11(25)4-24/h6-8,11-12,14H,4-5,9,24-25H2,1-3H3,(H5-,26,27,29,30,32,36,37,39,40,41,42,43)/p+1/b31-15-/t11?,12-,14+/m1/s1. The van der Waals surface area contributed by atoms with Gasteiger partial charge in [0.1, 0.15) is 15.9 Å². The fourth-order valence-electron chi connectivity index (χ4n) is 4.05. The highest BCUT2D eigenvalue weighted by molar-refractivity contribution is 7.84. The van der Waals surface area contributed by atoms with Gasteiger partial charge in [-0.25, -0.2) is 14.1 Å². The van der Waals surface area contributed by atoms with Crippen LogP contribution in [0.25, 0.3) is 10.6 Å². The summed E-state index contributed by atoms with van der Waals surface area (Å²) in [5, 5.41) is 18.0. The SMILES string of the molecule is C[n+]1cc(-c2ncc(C(=O)NC[C@@H]3[C@H](NC(=O)/C(=N\OC(C)(C)C(=O)O)c4nsc(N)n4)C(=O)N3S(=O)(=O)O)s2)cn1CC(N)CN. The fraction of sp³-hybridized carbons (Fsp3) is 0.435. The summed E-state index contributed by atoms with van der Waals surface area (Å²) in [6.45, 7) is 2.49. The van der Waals surface area contributed by atoms with E-state index in [9.17, 15) is 37.3 Å². The first kappa shape index (κ1) is 35.2. The Morgan fingerprint density at radius 3 is 2.62 bits per heavy atom. The van der Waals surface area contributed by atoms with Crippen LogP contribution >= 0.6 is 22.9 Å². The number of nitrogens with two attached hydrogens (primary N) is 3. The molecule has 254 valence electrons. The molecule has 3 aromatic rings. The lowest BCUT2D eigenvalue weighted by atomic mass is 9.98. The zero-order valence-electron chi connectivity index (χ0n) is 24.9. The van der Waals surface area contributed by atoms with Crippen molar-refractivity contribution in [2.24, 2.45) is 23.7 Å². The minimum absolute atomic E-state index is 0.0793. The molecule has 1 fully saturated rings. The quantitative estimate of drug-likeness (QED) is 0.0282. The summed E-state index contributed by atoms with van der Waals surface area (Å²) >= 11 is 1.71. The summed E-state index contributed by atoms with van der Waals surface area (Å²) < 4.78 is 41.1. The summed E-state index contributed by atoms with van der Waals surface area (Å²) in [4.78, 5) is 63.6. The Hall–Kier alpha value is -4.62. The molecule has 3 amide bonds. The summed E-state index contributed by atoms with van der Waals surface area (Å²) in [6.07, 6.45) is 4.87. The second-order valence-electron chi connectivity index (χ2n) is 10.6. The van der Waals surface area contributed by atoms with Gasteiger partial charge in [-0.05, 0) is 13.8 Å². The minimum atomic E-state index is -5.11. The number of rotatable bonds is 14. The monoisotopic (exact) mass is 715 g/mol. The molecule has 3 atom stereocenters. The van der Waals surface area contributed by atoms with Gasteiger partial charge in [0.25, 0.3) is 17.7 Å². The van der Waals surface area contributed by atoms with Crippen molar-refractivity contribution in [1.29, 1.82) is 0 Å². The molecule has 0 saturated carbocycles. The number of carboxylic acids is 1. The van der Waals surface area contributed by atoms with Crippen LogP contribution in [0.3, 0.4) is 0 Å². The summed E-state index contributed by atoms with van der Waals surface area (Å²) in [5.74, 6) is -4.89. The lowest BCUT2D eigenvalue weighted by Crippen LogP contribution is -2.74. The molecule has 3 aromatic heterocycles. The van der Waals surface area contributed by atoms with E-state index in [0.29, 0.717) is 28.6 Å². The van der Waals surface area contributed by atoms with Crippen molar-refractivity contribution >= 4 is 67.7 Å². The molecule has 0 bridgehead atoms. The number of aryl methyl sites for hydroxylation is 1. The molecule has 4 heterocycles. The van der Waals surface area contributed by atoms with Gasteiger partial charge in [0, 0.05) is 30.7 Å². The van der Waals surface area contributed by atoms with Gasteiger partial charge in [-0.1, -0.05) is 5.16 Å². The number of carboxylic acid groups (broad SMARTS) is 1. The minimum Gasteiger partial charge on any atom is -0.478 e. The number of aliphatic carboxylic acids is 1. The van der Waals surface area contributed by atoms with Crippen LogP contribution in [0.4, 0.5) is 5.13 Å². The summed E-state index contributed by atoms with van der Waals surface area (Å²) in [6, 6.07) is -3.36. The van der Waals surface area contributed by atoms with Gasteiger partial charge in [-0.15, -0.1) is 16.0 Å². The van der Waals surface area contributed by atoms with E-state index in [2.05, 4.69) is 30.1 Å². The summed E-state index contributed by atoms with van der Waals surface area (Å²) in [7, 11) is -3.31. The topological polar surface area (TPSA) is 317 Å². The van der Waals surface area contributed by atoms with E-state index in [1.54, 1.807) is 24.1 Å². The third kappa shape index (κ3) is 7.86. The number of thiazole rings is 1. The van der Waals surface area contributed by atoms with Gasteiger partial charge in [-0.2, -0.15) is 22.5 Å². The van der Waals surface area contributed by atoms with Crippen molar-refractivity contribution in [1.82, 2.24) is 34.0 Å². The number of nitrogens with zero attached hydrogens (tertiary/aromatic N) is 7. The molecular formula is C23H31N12O9S3+. The third-order valence-electron chi connectivity index (χ3n) is 6.64. The fourth-order valence-corrected chi connectivity index (χ4v) is 6.17. The molecule has 1 unspecified atom stereocenters. The molecule has 0 aromatic carbocycles. The van der Waals surface area contributed by atoms with E-state index in [0.717, 1.165) is 25.2 Å². The Balaban J connectivity index is 1.50. The van der Waals surface area contributed by atoms with Crippen molar-refractivity contribution < 1.29 is 46.8 Å². The number of hydrogen-bond acceptors (Lipinski definition) is 16. The zero-order chi connectivity index (χ0) is 34.8.